The van der Waals surface area contributed by atoms with E-state index in [1.54, 1.807) is 72.9 Å². The molecule has 192 valence electrons. The van der Waals surface area contributed by atoms with Crippen LogP contribution in [0.15, 0.2) is 103 Å². The molecule has 0 aliphatic heterocycles. The van der Waals surface area contributed by atoms with Crippen LogP contribution in [0, 0.1) is 0 Å². The molecule has 3 aromatic carbocycles. The minimum absolute atomic E-state index is 0.0370. The maximum Gasteiger partial charge on any atom is 0.314 e. The SMILES string of the molecule is O=C(Nc1ccccc1)C(=O)Nc1c(Cl)ncnc1Nc1ccc(N/C=C2/C=Cc3ccccc3C2=O)cc1. The second-order valence-electron chi connectivity index (χ2n) is 8.36. The summed E-state index contributed by atoms with van der Waals surface area (Å²) in [5.74, 6) is -1.65. The second kappa shape index (κ2) is 11.4. The molecule has 0 saturated carbocycles. The lowest BCUT2D eigenvalue weighted by molar-refractivity contribution is -0.132. The first-order valence-corrected chi connectivity index (χ1v) is 12.2. The predicted octanol–water partition coefficient (Wildman–Crippen LogP) is 5.66. The highest BCUT2D eigenvalue weighted by atomic mass is 35.5. The van der Waals surface area contributed by atoms with E-state index < -0.39 is 11.8 Å². The number of nitrogens with zero attached hydrogens (tertiary/aromatic N) is 2. The van der Waals surface area contributed by atoms with Crippen LogP contribution in [-0.2, 0) is 9.59 Å². The fourth-order valence-corrected chi connectivity index (χ4v) is 3.95. The van der Waals surface area contributed by atoms with Gasteiger partial charge in [-0.3, -0.25) is 14.4 Å². The maximum atomic E-state index is 12.7. The highest BCUT2D eigenvalue weighted by Crippen LogP contribution is 2.29. The summed E-state index contributed by atoms with van der Waals surface area (Å²) in [5, 5.41) is 11.1. The number of Topliss-reactive ketones (excluding diaryl/α,β-unsaturated/α-hetero) is 1. The van der Waals surface area contributed by atoms with Crippen molar-refractivity contribution >= 4 is 63.8 Å². The molecule has 1 aliphatic rings. The van der Waals surface area contributed by atoms with Crippen LogP contribution < -0.4 is 21.3 Å². The molecule has 10 heteroatoms. The van der Waals surface area contributed by atoms with Crippen molar-refractivity contribution < 1.29 is 14.4 Å². The first-order valence-electron chi connectivity index (χ1n) is 11.8. The average molecular weight is 537 g/mol. The molecule has 4 N–H and O–H groups in total. The fourth-order valence-electron chi connectivity index (χ4n) is 3.77. The summed E-state index contributed by atoms with van der Waals surface area (Å²) in [6.07, 6.45) is 6.59. The van der Waals surface area contributed by atoms with Crippen molar-refractivity contribution in [1.82, 2.24) is 9.97 Å². The molecule has 4 aromatic rings. The molecular formula is C29H21ClN6O3. The summed E-state index contributed by atoms with van der Waals surface area (Å²) in [6.45, 7) is 0. The number of ketones is 1. The average Bonchev–Trinajstić information content (AvgIpc) is 2.96. The van der Waals surface area contributed by atoms with Gasteiger partial charge in [-0.15, -0.1) is 0 Å². The molecular weight excluding hydrogens is 516 g/mol. The van der Waals surface area contributed by atoms with Crippen LogP contribution in [0.2, 0.25) is 5.15 Å². The predicted molar refractivity (Wildman–Crippen MR) is 152 cm³/mol. The Morgan fingerprint density at radius 1 is 0.744 bits per heavy atom. The van der Waals surface area contributed by atoms with Gasteiger partial charge in [0.25, 0.3) is 0 Å². The number of aromatic nitrogens is 2. The van der Waals surface area contributed by atoms with Crippen LogP contribution in [-0.4, -0.2) is 27.6 Å². The van der Waals surface area contributed by atoms with Gasteiger partial charge in [-0.05, 0) is 48.0 Å². The van der Waals surface area contributed by atoms with E-state index in [0.717, 1.165) is 11.3 Å². The van der Waals surface area contributed by atoms with Gasteiger partial charge in [0.2, 0.25) is 0 Å². The van der Waals surface area contributed by atoms with Crippen molar-refractivity contribution in [3.8, 4) is 0 Å². The molecule has 0 unspecified atom stereocenters. The molecule has 2 amide bonds. The van der Waals surface area contributed by atoms with Crippen LogP contribution in [0.5, 0.6) is 0 Å². The summed E-state index contributed by atoms with van der Waals surface area (Å²) in [5.41, 5.74) is 4.02. The van der Waals surface area contributed by atoms with E-state index in [0.29, 0.717) is 22.5 Å². The van der Waals surface area contributed by atoms with E-state index in [-0.39, 0.29) is 22.4 Å². The highest BCUT2D eigenvalue weighted by Gasteiger charge is 2.20. The van der Waals surface area contributed by atoms with E-state index in [1.165, 1.54) is 6.33 Å². The van der Waals surface area contributed by atoms with Crippen molar-refractivity contribution in [2.24, 2.45) is 0 Å². The Balaban J connectivity index is 1.25. The number of anilines is 5. The number of fused-ring (bicyclic) bond motifs is 1. The third-order valence-corrected chi connectivity index (χ3v) is 6.02. The highest BCUT2D eigenvalue weighted by molar-refractivity contribution is 6.45. The quantitative estimate of drug-likeness (QED) is 0.142. The number of allylic oxidation sites excluding steroid dienone is 2. The zero-order valence-electron chi connectivity index (χ0n) is 20.3. The number of hydrogen-bond donors (Lipinski definition) is 4. The largest absolute Gasteiger partial charge is 0.361 e. The molecule has 0 bridgehead atoms. The summed E-state index contributed by atoms with van der Waals surface area (Å²) in [6, 6.07) is 23.2. The molecule has 0 radical (unpaired) electrons. The number of rotatable bonds is 6. The molecule has 1 heterocycles. The molecule has 0 atom stereocenters. The Morgan fingerprint density at radius 2 is 1.44 bits per heavy atom. The molecule has 9 nitrogen and oxygen atoms in total. The molecule has 1 aromatic heterocycles. The van der Waals surface area contributed by atoms with Crippen LogP contribution in [0.3, 0.4) is 0 Å². The smallest absolute Gasteiger partial charge is 0.314 e. The van der Waals surface area contributed by atoms with Gasteiger partial charge in [0, 0.05) is 34.4 Å². The first kappa shape index (κ1) is 25.4. The summed E-state index contributed by atoms with van der Waals surface area (Å²) >= 11 is 6.20. The van der Waals surface area contributed by atoms with Crippen molar-refractivity contribution in [2.75, 3.05) is 21.3 Å². The number of amides is 2. The third kappa shape index (κ3) is 6.00. The molecule has 0 fully saturated rings. The number of carbonyl (C=O) groups is 3. The van der Waals surface area contributed by atoms with E-state index in [1.807, 2.05) is 24.3 Å². The van der Waals surface area contributed by atoms with Gasteiger partial charge >= 0.3 is 11.8 Å². The van der Waals surface area contributed by atoms with Gasteiger partial charge in [0.15, 0.2) is 16.8 Å². The lowest BCUT2D eigenvalue weighted by Crippen LogP contribution is -2.29. The van der Waals surface area contributed by atoms with Gasteiger partial charge in [0.05, 0.1) is 0 Å². The van der Waals surface area contributed by atoms with E-state index >= 15 is 0 Å². The van der Waals surface area contributed by atoms with E-state index in [4.69, 9.17) is 11.6 Å². The Hall–Kier alpha value is -5.28. The first-order chi connectivity index (χ1) is 19.0. The Morgan fingerprint density at radius 3 is 2.23 bits per heavy atom. The van der Waals surface area contributed by atoms with Crippen molar-refractivity contribution in [3.05, 3.63) is 119 Å². The van der Waals surface area contributed by atoms with Crippen molar-refractivity contribution in [1.29, 1.82) is 0 Å². The van der Waals surface area contributed by atoms with Gasteiger partial charge < -0.3 is 21.3 Å². The lowest BCUT2D eigenvalue weighted by atomic mass is 9.93. The molecule has 5 rings (SSSR count). The van der Waals surface area contributed by atoms with Crippen LogP contribution in [0.1, 0.15) is 15.9 Å². The second-order valence-corrected chi connectivity index (χ2v) is 8.72. The van der Waals surface area contributed by atoms with Gasteiger partial charge in [-0.2, -0.15) is 0 Å². The Kier molecular flexibility index (Phi) is 7.42. The number of carbonyl (C=O) groups excluding carboxylic acids is 3. The van der Waals surface area contributed by atoms with Crippen LogP contribution in [0.25, 0.3) is 6.08 Å². The van der Waals surface area contributed by atoms with Crippen molar-refractivity contribution in [2.45, 2.75) is 0 Å². The Bertz CT molecular complexity index is 1620. The molecule has 39 heavy (non-hydrogen) atoms. The zero-order valence-corrected chi connectivity index (χ0v) is 21.1. The van der Waals surface area contributed by atoms with E-state index in [9.17, 15) is 14.4 Å². The normalized spacial score (nSPS) is 12.9. The minimum atomic E-state index is -0.930. The number of hydrogen-bond acceptors (Lipinski definition) is 7. The van der Waals surface area contributed by atoms with Crippen molar-refractivity contribution in [3.63, 3.8) is 0 Å². The number of para-hydroxylation sites is 1. The minimum Gasteiger partial charge on any atom is -0.361 e. The maximum absolute atomic E-state index is 12.7. The molecule has 1 aliphatic carbocycles. The lowest BCUT2D eigenvalue weighted by Gasteiger charge is -2.14. The van der Waals surface area contributed by atoms with Gasteiger partial charge in [0.1, 0.15) is 12.0 Å². The topological polar surface area (TPSA) is 125 Å². The monoisotopic (exact) mass is 536 g/mol. The summed E-state index contributed by atoms with van der Waals surface area (Å²) in [4.78, 5) is 45.6. The molecule has 0 spiro atoms. The number of benzene rings is 3. The standard InChI is InChI=1S/C29H21ClN6O3/c30-26-24(36-29(39)28(38)35-21-7-2-1-3-8-21)27(33-17-32-26)34-22-14-12-20(13-15-22)31-16-19-11-10-18-6-4-5-9-23(18)25(19)37/h1-17,31H,(H,35,38)(H,36,39)(H,32,33,34)/b19-16-. The third-order valence-electron chi connectivity index (χ3n) is 5.73. The zero-order chi connectivity index (χ0) is 27.2. The van der Waals surface area contributed by atoms with Gasteiger partial charge in [-0.25, -0.2) is 9.97 Å². The summed E-state index contributed by atoms with van der Waals surface area (Å²) in [7, 11) is 0. The van der Waals surface area contributed by atoms with Crippen LogP contribution in [0.4, 0.5) is 28.6 Å². The number of halogens is 1. The summed E-state index contributed by atoms with van der Waals surface area (Å²) < 4.78 is 0. The van der Waals surface area contributed by atoms with E-state index in [2.05, 4.69) is 31.2 Å². The Labute approximate surface area is 228 Å². The van der Waals surface area contributed by atoms with Gasteiger partial charge in [-0.1, -0.05) is 60.1 Å². The van der Waals surface area contributed by atoms with Crippen LogP contribution >= 0.6 is 11.6 Å². The number of nitrogens with one attached hydrogen (secondary N) is 4. The molecule has 0 saturated heterocycles. The fraction of sp³-hybridized carbons (Fsp3) is 0.